The van der Waals surface area contributed by atoms with Crippen molar-refractivity contribution in [3.05, 3.63) is 34.3 Å². The van der Waals surface area contributed by atoms with Gasteiger partial charge in [0.2, 0.25) is 0 Å². The van der Waals surface area contributed by atoms with Crippen LogP contribution in [0.3, 0.4) is 0 Å². The first-order valence-corrected chi connectivity index (χ1v) is 6.26. The third-order valence-electron chi connectivity index (χ3n) is 2.98. The van der Waals surface area contributed by atoms with Gasteiger partial charge in [0.1, 0.15) is 12.1 Å². The molecule has 2 rings (SSSR count). The Kier molecular flexibility index (Phi) is 3.32. The lowest BCUT2D eigenvalue weighted by Gasteiger charge is -2.23. The van der Waals surface area contributed by atoms with Crippen LogP contribution in [0.15, 0.2) is 28.7 Å². The van der Waals surface area contributed by atoms with Crippen LogP contribution in [-0.4, -0.2) is 34.5 Å². The standard InChI is InChI=1S/C12H11BrN2O4/c1-12(7-4-2-3-5-8(7)13)10(18)15(6-9(16)17)11(19)14-12/h2-5H,6H2,1H3,(H,14,19)(H,16,17). The number of hydrogen-bond acceptors (Lipinski definition) is 3. The van der Waals surface area contributed by atoms with Crippen LogP contribution in [0, 0.1) is 0 Å². The minimum atomic E-state index is -1.26. The first-order chi connectivity index (χ1) is 8.86. The molecule has 1 heterocycles. The summed E-state index contributed by atoms with van der Waals surface area (Å²) in [5.74, 6) is -1.81. The summed E-state index contributed by atoms with van der Waals surface area (Å²) in [5, 5.41) is 11.3. The van der Waals surface area contributed by atoms with E-state index in [9.17, 15) is 14.4 Å². The van der Waals surface area contributed by atoms with Gasteiger partial charge >= 0.3 is 12.0 Å². The van der Waals surface area contributed by atoms with E-state index in [-0.39, 0.29) is 0 Å². The molecular formula is C12H11BrN2O4. The number of amides is 3. The van der Waals surface area contributed by atoms with E-state index in [1.807, 2.05) is 0 Å². The number of carbonyl (C=O) groups excluding carboxylic acids is 2. The molecule has 1 aliphatic rings. The Labute approximate surface area is 117 Å². The van der Waals surface area contributed by atoms with Gasteiger partial charge < -0.3 is 10.4 Å². The Bertz CT molecular complexity index is 575. The van der Waals surface area contributed by atoms with E-state index in [0.29, 0.717) is 14.9 Å². The van der Waals surface area contributed by atoms with Crippen LogP contribution in [-0.2, 0) is 15.1 Å². The van der Waals surface area contributed by atoms with E-state index in [0.717, 1.165) is 0 Å². The lowest BCUT2D eigenvalue weighted by atomic mass is 9.92. The van der Waals surface area contributed by atoms with Gasteiger partial charge in [0.25, 0.3) is 5.91 Å². The van der Waals surface area contributed by atoms with Crippen LogP contribution in [0.5, 0.6) is 0 Å². The molecule has 3 amide bonds. The van der Waals surface area contributed by atoms with Gasteiger partial charge in [0, 0.05) is 10.0 Å². The van der Waals surface area contributed by atoms with Crippen molar-refractivity contribution in [2.45, 2.75) is 12.5 Å². The molecule has 1 unspecified atom stereocenters. The summed E-state index contributed by atoms with van der Waals surface area (Å²) in [6.07, 6.45) is 0. The van der Waals surface area contributed by atoms with Gasteiger partial charge in [-0.15, -0.1) is 0 Å². The summed E-state index contributed by atoms with van der Waals surface area (Å²) in [7, 11) is 0. The fourth-order valence-electron chi connectivity index (χ4n) is 2.03. The molecule has 100 valence electrons. The summed E-state index contributed by atoms with van der Waals surface area (Å²) in [4.78, 5) is 35.4. The molecule has 0 spiro atoms. The summed E-state index contributed by atoms with van der Waals surface area (Å²) >= 11 is 3.32. The van der Waals surface area contributed by atoms with Crippen molar-refractivity contribution in [3.8, 4) is 0 Å². The van der Waals surface area contributed by atoms with Crippen molar-refractivity contribution in [2.24, 2.45) is 0 Å². The Hall–Kier alpha value is -1.89. The first-order valence-electron chi connectivity index (χ1n) is 5.47. The molecule has 0 radical (unpaired) electrons. The molecule has 1 fully saturated rings. The van der Waals surface area contributed by atoms with E-state index < -0.39 is 30.0 Å². The number of benzene rings is 1. The van der Waals surface area contributed by atoms with Crippen molar-refractivity contribution < 1.29 is 19.5 Å². The highest BCUT2D eigenvalue weighted by Gasteiger charge is 2.50. The quantitative estimate of drug-likeness (QED) is 0.820. The highest BCUT2D eigenvalue weighted by atomic mass is 79.9. The minimum Gasteiger partial charge on any atom is -0.480 e. The number of imide groups is 1. The fraction of sp³-hybridized carbons (Fsp3) is 0.250. The fourth-order valence-corrected chi connectivity index (χ4v) is 2.71. The zero-order valence-electron chi connectivity index (χ0n) is 10.0. The topological polar surface area (TPSA) is 86.7 Å². The molecule has 1 aliphatic heterocycles. The van der Waals surface area contributed by atoms with Gasteiger partial charge in [0.05, 0.1) is 0 Å². The monoisotopic (exact) mass is 326 g/mol. The molecule has 0 bridgehead atoms. The molecular weight excluding hydrogens is 316 g/mol. The van der Waals surface area contributed by atoms with Gasteiger partial charge in [-0.25, -0.2) is 4.79 Å². The number of nitrogens with zero attached hydrogens (tertiary/aromatic N) is 1. The van der Waals surface area contributed by atoms with E-state index in [1.165, 1.54) is 0 Å². The van der Waals surface area contributed by atoms with Crippen LogP contribution in [0.2, 0.25) is 0 Å². The number of hydrogen-bond donors (Lipinski definition) is 2. The van der Waals surface area contributed by atoms with Crippen molar-refractivity contribution in [1.82, 2.24) is 10.2 Å². The molecule has 1 saturated heterocycles. The maximum Gasteiger partial charge on any atom is 0.325 e. The van der Waals surface area contributed by atoms with Crippen molar-refractivity contribution in [1.29, 1.82) is 0 Å². The van der Waals surface area contributed by atoms with E-state index in [4.69, 9.17) is 5.11 Å². The predicted molar refractivity (Wildman–Crippen MR) is 69.4 cm³/mol. The second-order valence-corrected chi connectivity index (χ2v) is 5.17. The molecule has 0 aromatic heterocycles. The number of halogens is 1. The summed E-state index contributed by atoms with van der Waals surface area (Å²) in [5.41, 5.74) is -0.673. The number of rotatable bonds is 3. The maximum atomic E-state index is 12.3. The molecule has 1 aromatic carbocycles. The second kappa shape index (κ2) is 4.65. The molecule has 1 aromatic rings. The summed E-state index contributed by atoms with van der Waals surface area (Å²) in [6.45, 7) is 0.903. The molecule has 0 aliphatic carbocycles. The van der Waals surface area contributed by atoms with Crippen LogP contribution in [0.25, 0.3) is 0 Å². The predicted octanol–water partition coefficient (Wildman–Crippen LogP) is 1.30. The number of nitrogens with one attached hydrogen (secondary N) is 1. The zero-order chi connectivity index (χ0) is 14.2. The maximum absolute atomic E-state index is 12.3. The van der Waals surface area contributed by atoms with Crippen molar-refractivity contribution in [2.75, 3.05) is 6.54 Å². The van der Waals surface area contributed by atoms with Crippen LogP contribution >= 0.6 is 15.9 Å². The molecule has 0 saturated carbocycles. The zero-order valence-corrected chi connectivity index (χ0v) is 11.6. The number of carboxylic acid groups (broad SMARTS) is 1. The van der Waals surface area contributed by atoms with Crippen LogP contribution < -0.4 is 5.32 Å². The Morgan fingerprint density at radius 2 is 2.05 bits per heavy atom. The highest BCUT2D eigenvalue weighted by molar-refractivity contribution is 9.10. The SMILES string of the molecule is CC1(c2ccccc2Br)NC(=O)N(CC(=O)O)C1=O. The molecule has 7 heteroatoms. The smallest absolute Gasteiger partial charge is 0.325 e. The van der Waals surface area contributed by atoms with E-state index >= 15 is 0 Å². The number of aliphatic carboxylic acids is 1. The summed E-state index contributed by atoms with van der Waals surface area (Å²) in [6, 6.07) is 6.27. The van der Waals surface area contributed by atoms with Gasteiger partial charge in [-0.05, 0) is 13.0 Å². The molecule has 1 atom stereocenters. The largest absolute Gasteiger partial charge is 0.480 e. The average Bonchev–Trinajstić information content (AvgIpc) is 2.54. The number of carboxylic acids is 1. The Balaban J connectivity index is 2.41. The molecule has 19 heavy (non-hydrogen) atoms. The minimum absolute atomic E-state index is 0.577. The van der Waals surface area contributed by atoms with Crippen molar-refractivity contribution in [3.63, 3.8) is 0 Å². The number of carbonyl (C=O) groups is 3. The average molecular weight is 327 g/mol. The summed E-state index contributed by atoms with van der Waals surface area (Å²) < 4.78 is 0.670. The third kappa shape index (κ3) is 2.21. The lowest BCUT2D eigenvalue weighted by Crippen LogP contribution is -2.41. The van der Waals surface area contributed by atoms with Gasteiger partial charge in [-0.1, -0.05) is 34.1 Å². The van der Waals surface area contributed by atoms with E-state index in [1.54, 1.807) is 31.2 Å². The number of urea groups is 1. The van der Waals surface area contributed by atoms with Gasteiger partial charge in [0.15, 0.2) is 0 Å². The van der Waals surface area contributed by atoms with Crippen LogP contribution in [0.1, 0.15) is 12.5 Å². The molecule has 6 nitrogen and oxygen atoms in total. The normalized spacial score (nSPS) is 22.5. The first kappa shape index (κ1) is 13.5. The van der Waals surface area contributed by atoms with E-state index in [2.05, 4.69) is 21.2 Å². The van der Waals surface area contributed by atoms with Crippen LogP contribution in [0.4, 0.5) is 4.79 Å². The molecule has 2 N–H and O–H groups in total. The third-order valence-corrected chi connectivity index (χ3v) is 3.67. The highest BCUT2D eigenvalue weighted by Crippen LogP contribution is 2.33. The van der Waals surface area contributed by atoms with Gasteiger partial charge in [-0.3, -0.25) is 14.5 Å². The lowest BCUT2D eigenvalue weighted by molar-refractivity contribution is -0.142. The second-order valence-electron chi connectivity index (χ2n) is 4.32. The van der Waals surface area contributed by atoms with Gasteiger partial charge in [-0.2, -0.15) is 0 Å². The Morgan fingerprint density at radius 1 is 1.42 bits per heavy atom. The Morgan fingerprint density at radius 3 is 2.63 bits per heavy atom. The van der Waals surface area contributed by atoms with Crippen molar-refractivity contribution >= 4 is 33.8 Å².